The number of hydrogen-bond acceptors (Lipinski definition) is 3. The molecule has 0 aliphatic heterocycles. The number of anilines is 1. The molecule has 0 saturated heterocycles. The lowest BCUT2D eigenvalue weighted by Gasteiger charge is -2.11. The van der Waals surface area contributed by atoms with E-state index >= 15 is 0 Å². The molecule has 0 bridgehead atoms. The lowest BCUT2D eigenvalue weighted by Crippen LogP contribution is -2.12. The van der Waals surface area contributed by atoms with Crippen molar-refractivity contribution >= 4 is 5.82 Å². The van der Waals surface area contributed by atoms with Crippen LogP contribution in [-0.4, -0.2) is 16.0 Å². The van der Waals surface area contributed by atoms with E-state index in [0.29, 0.717) is 6.04 Å². The Morgan fingerprint density at radius 3 is 2.29 bits per heavy atom. The van der Waals surface area contributed by atoms with Gasteiger partial charge in [-0.25, -0.2) is 9.97 Å². The van der Waals surface area contributed by atoms with Crippen LogP contribution < -0.4 is 5.32 Å². The second kappa shape index (κ2) is 6.35. The molecule has 1 rings (SSSR count). The number of hydrogen-bond donors (Lipinski definition) is 1. The van der Waals surface area contributed by atoms with Crippen LogP contribution >= 0.6 is 0 Å². The van der Waals surface area contributed by atoms with Crippen LogP contribution in [0, 0.1) is 13.8 Å². The SMILES string of the molecule is CC.Cc1ncc(C)c(NC(C)C)n1. The van der Waals surface area contributed by atoms with Crippen molar-refractivity contribution in [2.24, 2.45) is 0 Å². The molecule has 1 aromatic rings. The molecule has 14 heavy (non-hydrogen) atoms. The molecular weight excluding hydrogens is 174 g/mol. The van der Waals surface area contributed by atoms with Gasteiger partial charge in [-0.2, -0.15) is 0 Å². The number of rotatable bonds is 2. The summed E-state index contributed by atoms with van der Waals surface area (Å²) in [6, 6.07) is 0.415. The summed E-state index contributed by atoms with van der Waals surface area (Å²) in [5.41, 5.74) is 1.09. The van der Waals surface area contributed by atoms with Gasteiger partial charge in [0.1, 0.15) is 11.6 Å². The van der Waals surface area contributed by atoms with Crippen LogP contribution in [0.1, 0.15) is 39.1 Å². The maximum atomic E-state index is 4.29. The standard InChI is InChI=1S/C9H15N3.C2H6/c1-6(2)11-9-7(3)5-10-8(4)12-9;1-2/h5-6H,1-4H3,(H,10,11,12);1-2H3. The van der Waals surface area contributed by atoms with Crippen LogP contribution in [0.25, 0.3) is 0 Å². The second-order valence-electron chi connectivity index (χ2n) is 3.25. The van der Waals surface area contributed by atoms with E-state index in [0.717, 1.165) is 17.2 Å². The van der Waals surface area contributed by atoms with Crippen molar-refractivity contribution in [2.75, 3.05) is 5.32 Å². The van der Waals surface area contributed by atoms with E-state index in [4.69, 9.17) is 0 Å². The van der Waals surface area contributed by atoms with Crippen LogP contribution in [0.5, 0.6) is 0 Å². The largest absolute Gasteiger partial charge is 0.368 e. The van der Waals surface area contributed by atoms with Gasteiger partial charge in [0, 0.05) is 17.8 Å². The molecule has 0 unspecified atom stereocenters. The third-order valence-electron chi connectivity index (χ3n) is 1.52. The van der Waals surface area contributed by atoms with Crippen molar-refractivity contribution in [1.82, 2.24) is 9.97 Å². The van der Waals surface area contributed by atoms with Gasteiger partial charge >= 0.3 is 0 Å². The Morgan fingerprint density at radius 2 is 1.79 bits per heavy atom. The molecule has 0 saturated carbocycles. The normalized spacial score (nSPS) is 9.36. The zero-order valence-electron chi connectivity index (χ0n) is 10.0. The van der Waals surface area contributed by atoms with Crippen LogP contribution in [0.2, 0.25) is 0 Å². The van der Waals surface area contributed by atoms with Crippen molar-refractivity contribution in [3.8, 4) is 0 Å². The Balaban J connectivity index is 0.000000791. The molecule has 0 amide bonds. The summed E-state index contributed by atoms with van der Waals surface area (Å²) in [5, 5.41) is 3.26. The lowest BCUT2D eigenvalue weighted by atomic mass is 10.3. The molecule has 80 valence electrons. The second-order valence-corrected chi connectivity index (χ2v) is 3.25. The molecule has 1 aromatic heterocycles. The highest BCUT2D eigenvalue weighted by Gasteiger charge is 2.01. The maximum Gasteiger partial charge on any atom is 0.132 e. The van der Waals surface area contributed by atoms with E-state index in [9.17, 15) is 0 Å². The van der Waals surface area contributed by atoms with E-state index in [2.05, 4.69) is 29.1 Å². The van der Waals surface area contributed by atoms with Crippen molar-refractivity contribution in [3.05, 3.63) is 17.6 Å². The first-order chi connectivity index (χ1) is 6.59. The van der Waals surface area contributed by atoms with Gasteiger partial charge in [-0.15, -0.1) is 0 Å². The fraction of sp³-hybridized carbons (Fsp3) is 0.636. The molecule has 0 aliphatic carbocycles. The van der Waals surface area contributed by atoms with Gasteiger partial charge in [0.05, 0.1) is 0 Å². The first-order valence-corrected chi connectivity index (χ1v) is 5.16. The van der Waals surface area contributed by atoms with E-state index in [-0.39, 0.29) is 0 Å². The van der Waals surface area contributed by atoms with E-state index in [1.54, 1.807) is 0 Å². The van der Waals surface area contributed by atoms with Gasteiger partial charge in [0.25, 0.3) is 0 Å². The van der Waals surface area contributed by atoms with Gasteiger partial charge < -0.3 is 5.32 Å². The minimum atomic E-state index is 0.415. The summed E-state index contributed by atoms with van der Waals surface area (Å²) >= 11 is 0. The van der Waals surface area contributed by atoms with Gasteiger partial charge in [0.15, 0.2) is 0 Å². The average Bonchev–Trinajstić information content (AvgIpc) is 2.14. The van der Waals surface area contributed by atoms with Crippen molar-refractivity contribution < 1.29 is 0 Å². The molecule has 1 N–H and O–H groups in total. The number of aryl methyl sites for hydroxylation is 2. The van der Waals surface area contributed by atoms with Gasteiger partial charge in [-0.05, 0) is 27.7 Å². The number of aromatic nitrogens is 2. The molecule has 0 atom stereocenters. The van der Waals surface area contributed by atoms with Crippen molar-refractivity contribution in [3.63, 3.8) is 0 Å². The van der Waals surface area contributed by atoms with Crippen LogP contribution in [0.15, 0.2) is 6.20 Å². The summed E-state index contributed by atoms with van der Waals surface area (Å²) in [7, 11) is 0. The first-order valence-electron chi connectivity index (χ1n) is 5.16. The van der Waals surface area contributed by atoms with E-state index in [1.807, 2.05) is 33.9 Å². The molecule has 3 nitrogen and oxygen atoms in total. The van der Waals surface area contributed by atoms with E-state index in [1.165, 1.54) is 0 Å². The predicted octanol–water partition coefficient (Wildman–Crippen LogP) is 2.94. The number of nitrogens with one attached hydrogen (secondary N) is 1. The van der Waals surface area contributed by atoms with Crippen LogP contribution in [0.3, 0.4) is 0 Å². The summed E-state index contributed by atoms with van der Waals surface area (Å²) in [4.78, 5) is 8.39. The molecule has 0 spiro atoms. The molecule has 0 aromatic carbocycles. The Labute approximate surface area is 87.0 Å². The monoisotopic (exact) mass is 195 g/mol. The zero-order valence-corrected chi connectivity index (χ0v) is 10.0. The zero-order chi connectivity index (χ0) is 11.1. The smallest absolute Gasteiger partial charge is 0.132 e. The predicted molar refractivity (Wildman–Crippen MR) is 61.6 cm³/mol. The minimum Gasteiger partial charge on any atom is -0.368 e. The Bertz CT molecular complexity index is 269. The molecule has 1 heterocycles. The van der Waals surface area contributed by atoms with Gasteiger partial charge in [-0.3, -0.25) is 0 Å². The summed E-state index contributed by atoms with van der Waals surface area (Å²) < 4.78 is 0. The van der Waals surface area contributed by atoms with E-state index < -0.39 is 0 Å². The topological polar surface area (TPSA) is 37.8 Å². The highest BCUT2D eigenvalue weighted by molar-refractivity contribution is 5.42. The number of nitrogens with zero attached hydrogens (tertiary/aromatic N) is 2. The lowest BCUT2D eigenvalue weighted by molar-refractivity contribution is 0.875. The highest BCUT2D eigenvalue weighted by atomic mass is 15.0. The molecular formula is C11H21N3. The Morgan fingerprint density at radius 1 is 1.21 bits per heavy atom. The first kappa shape index (κ1) is 12.9. The van der Waals surface area contributed by atoms with Crippen molar-refractivity contribution in [2.45, 2.75) is 47.6 Å². The average molecular weight is 195 g/mol. The fourth-order valence-corrected chi connectivity index (χ4v) is 0.950. The molecule has 3 heteroatoms. The molecule has 0 aliphatic rings. The van der Waals surface area contributed by atoms with Gasteiger partial charge in [0.2, 0.25) is 0 Å². The highest BCUT2D eigenvalue weighted by Crippen LogP contribution is 2.10. The summed E-state index contributed by atoms with van der Waals surface area (Å²) in [6.07, 6.45) is 1.84. The third-order valence-corrected chi connectivity index (χ3v) is 1.52. The third kappa shape index (κ3) is 4.21. The summed E-state index contributed by atoms with van der Waals surface area (Å²) in [6.45, 7) is 12.1. The van der Waals surface area contributed by atoms with Crippen molar-refractivity contribution in [1.29, 1.82) is 0 Å². The Kier molecular flexibility index (Phi) is 5.84. The summed E-state index contributed by atoms with van der Waals surface area (Å²) in [5.74, 6) is 1.75. The quantitative estimate of drug-likeness (QED) is 0.788. The molecule has 0 fully saturated rings. The van der Waals surface area contributed by atoms with Crippen LogP contribution in [0.4, 0.5) is 5.82 Å². The van der Waals surface area contributed by atoms with Gasteiger partial charge in [-0.1, -0.05) is 13.8 Å². The minimum absolute atomic E-state index is 0.415. The Hall–Kier alpha value is -1.12. The maximum absolute atomic E-state index is 4.29. The fourth-order valence-electron chi connectivity index (χ4n) is 0.950. The molecule has 0 radical (unpaired) electrons. The van der Waals surface area contributed by atoms with Crippen LogP contribution in [-0.2, 0) is 0 Å².